The minimum absolute atomic E-state index is 0.0818. The van der Waals surface area contributed by atoms with E-state index in [-0.39, 0.29) is 5.69 Å². The normalized spacial score (nSPS) is 10.9. The summed E-state index contributed by atoms with van der Waals surface area (Å²) in [6, 6.07) is 4.52. The van der Waals surface area contributed by atoms with Crippen LogP contribution in [-0.4, -0.2) is 11.5 Å². The maximum absolute atomic E-state index is 10.7. The Balaban J connectivity index is 2.46. The first-order valence-corrected chi connectivity index (χ1v) is 6.52. The molecule has 1 aromatic rings. The Hall–Kier alpha value is -1.13. The second-order valence-corrected chi connectivity index (χ2v) is 5.15. The fourth-order valence-electron chi connectivity index (χ4n) is 1.67. The zero-order chi connectivity index (χ0) is 13.5. The number of non-ortho nitro benzene ring substituents is 1. The van der Waals surface area contributed by atoms with Crippen molar-refractivity contribution in [2.75, 3.05) is 6.54 Å². The minimum Gasteiger partial charge on any atom is -0.313 e. The number of hydrogen-bond donors (Lipinski definition) is 1. The molecule has 4 nitrogen and oxygen atoms in total. The largest absolute Gasteiger partial charge is 0.313 e. The Kier molecular flexibility index (Phi) is 6.09. The molecule has 0 saturated carbocycles. The van der Waals surface area contributed by atoms with Crippen molar-refractivity contribution in [3.05, 3.63) is 38.9 Å². The average Bonchev–Trinajstić information content (AvgIpc) is 2.30. The highest BCUT2D eigenvalue weighted by Gasteiger charge is 2.09. The van der Waals surface area contributed by atoms with Gasteiger partial charge in [0, 0.05) is 23.7 Å². The number of nitro benzene ring substituents is 1. The molecule has 1 rings (SSSR count). The zero-order valence-electron chi connectivity index (χ0n) is 10.8. The number of benzene rings is 1. The molecule has 1 N–H and O–H groups in total. The van der Waals surface area contributed by atoms with Crippen molar-refractivity contribution in [3.63, 3.8) is 0 Å². The van der Waals surface area contributed by atoms with Crippen molar-refractivity contribution >= 4 is 17.3 Å². The Bertz CT molecular complexity index is 408. The van der Waals surface area contributed by atoms with E-state index in [9.17, 15) is 10.1 Å². The molecule has 0 atom stereocenters. The van der Waals surface area contributed by atoms with E-state index < -0.39 is 4.92 Å². The number of nitrogens with one attached hydrogen (secondary N) is 1. The van der Waals surface area contributed by atoms with E-state index in [0.717, 1.165) is 18.5 Å². The third kappa shape index (κ3) is 5.02. The SMILES string of the molecule is CC(C)CCCNCc1cc([N+](=O)[O-])ccc1Cl. The molecule has 0 aliphatic heterocycles. The van der Waals surface area contributed by atoms with Crippen LogP contribution in [-0.2, 0) is 6.54 Å². The second-order valence-electron chi connectivity index (χ2n) is 4.75. The summed E-state index contributed by atoms with van der Waals surface area (Å²) in [5.74, 6) is 0.702. The standard InChI is InChI=1S/C13H19ClN2O2/c1-10(2)4-3-7-15-9-11-8-12(16(17)18)5-6-13(11)14/h5-6,8,10,15H,3-4,7,9H2,1-2H3. The highest BCUT2D eigenvalue weighted by Crippen LogP contribution is 2.21. The molecule has 0 heterocycles. The molecule has 0 aliphatic carbocycles. The van der Waals surface area contributed by atoms with Crippen molar-refractivity contribution in [1.29, 1.82) is 0 Å². The third-order valence-electron chi connectivity index (χ3n) is 2.69. The lowest BCUT2D eigenvalue weighted by molar-refractivity contribution is -0.384. The molecule has 0 spiro atoms. The van der Waals surface area contributed by atoms with Gasteiger partial charge in [0.25, 0.3) is 5.69 Å². The summed E-state index contributed by atoms with van der Waals surface area (Å²) in [4.78, 5) is 10.3. The second kappa shape index (κ2) is 7.34. The Morgan fingerprint density at radius 3 is 2.78 bits per heavy atom. The van der Waals surface area contributed by atoms with Gasteiger partial charge in [0.05, 0.1) is 4.92 Å². The number of rotatable bonds is 7. The fourth-order valence-corrected chi connectivity index (χ4v) is 1.85. The number of halogens is 1. The monoisotopic (exact) mass is 270 g/mol. The van der Waals surface area contributed by atoms with Gasteiger partial charge in [-0.3, -0.25) is 10.1 Å². The van der Waals surface area contributed by atoms with E-state index in [1.807, 2.05) is 0 Å². The van der Waals surface area contributed by atoms with E-state index in [4.69, 9.17) is 11.6 Å². The molecule has 0 bridgehead atoms. The first-order chi connectivity index (χ1) is 8.50. The zero-order valence-corrected chi connectivity index (χ0v) is 11.5. The van der Waals surface area contributed by atoms with Gasteiger partial charge < -0.3 is 5.32 Å². The van der Waals surface area contributed by atoms with Crippen molar-refractivity contribution in [2.24, 2.45) is 5.92 Å². The van der Waals surface area contributed by atoms with Gasteiger partial charge in [0.2, 0.25) is 0 Å². The first-order valence-electron chi connectivity index (χ1n) is 6.14. The quantitative estimate of drug-likeness (QED) is 0.466. The van der Waals surface area contributed by atoms with Crippen molar-refractivity contribution in [1.82, 2.24) is 5.32 Å². The topological polar surface area (TPSA) is 55.2 Å². The maximum atomic E-state index is 10.7. The van der Waals surface area contributed by atoms with Crippen LogP contribution in [0.25, 0.3) is 0 Å². The van der Waals surface area contributed by atoms with Gasteiger partial charge in [-0.2, -0.15) is 0 Å². The van der Waals surface area contributed by atoms with E-state index in [1.54, 1.807) is 6.07 Å². The maximum Gasteiger partial charge on any atom is 0.269 e. The van der Waals surface area contributed by atoms with Gasteiger partial charge in [-0.1, -0.05) is 25.4 Å². The van der Waals surface area contributed by atoms with Crippen LogP contribution < -0.4 is 5.32 Å². The molecule has 18 heavy (non-hydrogen) atoms. The minimum atomic E-state index is -0.404. The van der Waals surface area contributed by atoms with Crippen LogP contribution in [0.1, 0.15) is 32.3 Å². The molecule has 0 aromatic heterocycles. The average molecular weight is 271 g/mol. The van der Waals surface area contributed by atoms with Crippen LogP contribution >= 0.6 is 11.6 Å². The van der Waals surface area contributed by atoms with Crippen LogP contribution in [0.4, 0.5) is 5.69 Å². The van der Waals surface area contributed by atoms with Crippen LogP contribution in [0.3, 0.4) is 0 Å². The molecule has 0 radical (unpaired) electrons. The summed E-state index contributed by atoms with van der Waals surface area (Å²) >= 11 is 6.00. The van der Waals surface area contributed by atoms with E-state index >= 15 is 0 Å². The summed E-state index contributed by atoms with van der Waals surface area (Å²) in [6.07, 6.45) is 2.28. The Morgan fingerprint density at radius 1 is 1.44 bits per heavy atom. The lowest BCUT2D eigenvalue weighted by Gasteiger charge is -2.08. The molecule has 5 heteroatoms. The van der Waals surface area contributed by atoms with Gasteiger partial charge in [-0.15, -0.1) is 0 Å². The van der Waals surface area contributed by atoms with Crippen LogP contribution in [0.5, 0.6) is 0 Å². The molecule has 0 fully saturated rings. The molecule has 100 valence electrons. The van der Waals surface area contributed by atoms with Crippen molar-refractivity contribution in [3.8, 4) is 0 Å². The van der Waals surface area contributed by atoms with Gasteiger partial charge in [-0.25, -0.2) is 0 Å². The molecule has 1 aromatic carbocycles. The molecule has 0 saturated heterocycles. The van der Waals surface area contributed by atoms with Crippen molar-refractivity contribution in [2.45, 2.75) is 33.2 Å². The number of hydrogen-bond acceptors (Lipinski definition) is 3. The highest BCUT2D eigenvalue weighted by molar-refractivity contribution is 6.31. The lowest BCUT2D eigenvalue weighted by atomic mass is 10.1. The molecular formula is C13H19ClN2O2. The van der Waals surface area contributed by atoms with Crippen LogP contribution in [0.15, 0.2) is 18.2 Å². The predicted octanol–water partition coefficient (Wildman–Crippen LogP) is 3.77. The first kappa shape index (κ1) is 14.9. The third-order valence-corrected chi connectivity index (χ3v) is 3.06. The van der Waals surface area contributed by atoms with E-state index in [0.29, 0.717) is 17.5 Å². The van der Waals surface area contributed by atoms with Crippen molar-refractivity contribution < 1.29 is 4.92 Å². The molecule has 0 aliphatic rings. The summed E-state index contributed by atoms with van der Waals surface area (Å²) < 4.78 is 0. The van der Waals surface area contributed by atoms with Crippen LogP contribution in [0, 0.1) is 16.0 Å². The van der Waals surface area contributed by atoms with E-state index in [2.05, 4.69) is 19.2 Å². The summed E-state index contributed by atoms with van der Waals surface area (Å²) in [6.45, 7) is 5.85. The molecule has 0 amide bonds. The Morgan fingerprint density at radius 2 is 2.17 bits per heavy atom. The predicted molar refractivity (Wildman–Crippen MR) is 73.9 cm³/mol. The smallest absolute Gasteiger partial charge is 0.269 e. The van der Waals surface area contributed by atoms with E-state index in [1.165, 1.54) is 18.6 Å². The van der Waals surface area contributed by atoms with Gasteiger partial charge in [0.1, 0.15) is 0 Å². The number of nitro groups is 1. The summed E-state index contributed by atoms with van der Waals surface area (Å²) in [5.41, 5.74) is 0.855. The van der Waals surface area contributed by atoms with Gasteiger partial charge in [-0.05, 0) is 36.9 Å². The van der Waals surface area contributed by atoms with Gasteiger partial charge >= 0.3 is 0 Å². The summed E-state index contributed by atoms with van der Waals surface area (Å²) in [5, 5.41) is 14.5. The fraction of sp³-hybridized carbons (Fsp3) is 0.538. The van der Waals surface area contributed by atoms with Crippen LogP contribution in [0.2, 0.25) is 5.02 Å². The van der Waals surface area contributed by atoms with Gasteiger partial charge in [0.15, 0.2) is 0 Å². The molecular weight excluding hydrogens is 252 g/mol. The summed E-state index contributed by atoms with van der Waals surface area (Å²) in [7, 11) is 0. The highest BCUT2D eigenvalue weighted by atomic mass is 35.5. The lowest BCUT2D eigenvalue weighted by Crippen LogP contribution is -2.15. The number of nitrogens with zero attached hydrogens (tertiary/aromatic N) is 1. The Labute approximate surface area is 112 Å². The molecule has 0 unspecified atom stereocenters.